The van der Waals surface area contributed by atoms with E-state index in [9.17, 15) is 18.8 Å². The van der Waals surface area contributed by atoms with Crippen LogP contribution in [0.1, 0.15) is 31.9 Å². The number of benzene rings is 1. The molecule has 3 N–H and O–H groups in total. The number of nitrogens with zero attached hydrogens (tertiary/aromatic N) is 2. The molecule has 0 unspecified atom stereocenters. The molecule has 3 amide bonds. The lowest BCUT2D eigenvalue weighted by Crippen LogP contribution is -2.57. The van der Waals surface area contributed by atoms with Crippen LogP contribution in [0, 0.1) is 18.7 Å². The Kier molecular flexibility index (Phi) is 7.43. The number of fused-ring (bicyclic) bond motifs is 1. The van der Waals surface area contributed by atoms with Crippen LogP contribution < -0.4 is 20.9 Å². The Balaban J connectivity index is 1.91. The fourth-order valence-electron chi connectivity index (χ4n) is 3.73. The molecule has 0 spiro atoms. The molecule has 176 valence electrons. The van der Waals surface area contributed by atoms with Gasteiger partial charge in [0.25, 0.3) is 5.91 Å². The molecule has 9 heteroatoms. The van der Waals surface area contributed by atoms with Crippen LogP contribution in [0.5, 0.6) is 0 Å². The minimum Gasteiger partial charge on any atom is -0.343 e. The molecule has 1 aromatic carbocycles. The van der Waals surface area contributed by atoms with E-state index >= 15 is 0 Å². The largest absolute Gasteiger partial charge is 0.343 e. The minimum atomic E-state index is -0.928. The second-order valence-electron chi connectivity index (χ2n) is 8.63. The van der Waals surface area contributed by atoms with E-state index in [1.165, 1.54) is 17.0 Å². The number of hydrogen-bond donors (Lipinski definition) is 3. The summed E-state index contributed by atoms with van der Waals surface area (Å²) in [7, 11) is 1.65. The van der Waals surface area contributed by atoms with Crippen LogP contribution in [-0.4, -0.2) is 47.9 Å². The maximum atomic E-state index is 14.3. The molecular weight excluding hydrogens is 425 g/mol. The fraction of sp³-hybridized carbons (Fsp3) is 0.417. The summed E-state index contributed by atoms with van der Waals surface area (Å²) in [6, 6.07) is 5.76. The van der Waals surface area contributed by atoms with Crippen molar-refractivity contribution in [3.05, 3.63) is 53.5 Å². The highest BCUT2D eigenvalue weighted by molar-refractivity contribution is 6.09. The normalized spacial score (nSPS) is 16.8. The molecule has 8 nitrogen and oxygen atoms in total. The maximum Gasteiger partial charge on any atom is 0.251 e. The lowest BCUT2D eigenvalue weighted by atomic mass is 10.0. The summed E-state index contributed by atoms with van der Waals surface area (Å²) in [5.74, 6) is -1.72. The predicted molar refractivity (Wildman–Crippen MR) is 124 cm³/mol. The van der Waals surface area contributed by atoms with Gasteiger partial charge in [-0.3, -0.25) is 19.3 Å². The van der Waals surface area contributed by atoms with E-state index in [2.05, 4.69) is 20.9 Å². The first-order valence-electron chi connectivity index (χ1n) is 11.0. The topological polar surface area (TPSA) is 103 Å². The SMILES string of the molecule is CN[C@@H](C)C(=O)N[C@H](C(=O)N1c2ncccc2C[C@H]1C(=O)Nc1ccc(C)cc1F)C(C)C. The number of rotatable bonds is 7. The van der Waals surface area contributed by atoms with Crippen molar-refractivity contribution in [2.24, 2.45) is 5.92 Å². The molecule has 3 rings (SSSR count). The Labute approximate surface area is 193 Å². The van der Waals surface area contributed by atoms with E-state index in [1.54, 1.807) is 45.3 Å². The molecule has 2 aromatic rings. The van der Waals surface area contributed by atoms with Crippen molar-refractivity contribution >= 4 is 29.2 Å². The average Bonchev–Trinajstić information content (AvgIpc) is 3.17. The van der Waals surface area contributed by atoms with Gasteiger partial charge in [-0.05, 0) is 56.1 Å². The van der Waals surface area contributed by atoms with Gasteiger partial charge in [0.2, 0.25) is 11.8 Å². The zero-order valence-corrected chi connectivity index (χ0v) is 19.5. The van der Waals surface area contributed by atoms with Gasteiger partial charge in [-0.25, -0.2) is 9.37 Å². The number of aryl methyl sites for hydroxylation is 1. The van der Waals surface area contributed by atoms with Crippen LogP contribution in [0.3, 0.4) is 0 Å². The summed E-state index contributed by atoms with van der Waals surface area (Å²) in [6.07, 6.45) is 1.78. The van der Waals surface area contributed by atoms with Gasteiger partial charge in [-0.15, -0.1) is 0 Å². The van der Waals surface area contributed by atoms with Crippen LogP contribution in [0.4, 0.5) is 15.9 Å². The van der Waals surface area contributed by atoms with E-state index in [4.69, 9.17) is 0 Å². The van der Waals surface area contributed by atoms with Gasteiger partial charge in [-0.2, -0.15) is 0 Å². The minimum absolute atomic E-state index is 0.0403. The molecule has 33 heavy (non-hydrogen) atoms. The quantitative estimate of drug-likeness (QED) is 0.594. The molecule has 2 heterocycles. The molecule has 3 atom stereocenters. The Bertz CT molecular complexity index is 1060. The van der Waals surface area contributed by atoms with E-state index in [0.29, 0.717) is 5.82 Å². The molecule has 1 aliphatic heterocycles. The van der Waals surface area contributed by atoms with Crippen LogP contribution >= 0.6 is 0 Å². The van der Waals surface area contributed by atoms with E-state index < -0.39 is 35.8 Å². The van der Waals surface area contributed by atoms with Crippen molar-refractivity contribution in [3.63, 3.8) is 0 Å². The van der Waals surface area contributed by atoms with Crippen molar-refractivity contribution in [2.45, 2.75) is 52.2 Å². The molecule has 0 aliphatic carbocycles. The highest BCUT2D eigenvalue weighted by Gasteiger charge is 2.43. The molecule has 1 aliphatic rings. The van der Waals surface area contributed by atoms with Gasteiger partial charge >= 0.3 is 0 Å². The van der Waals surface area contributed by atoms with Crippen molar-refractivity contribution in [3.8, 4) is 0 Å². The van der Waals surface area contributed by atoms with Gasteiger partial charge in [0, 0.05) is 12.6 Å². The Morgan fingerprint density at radius 3 is 2.55 bits per heavy atom. The number of halogens is 1. The highest BCUT2D eigenvalue weighted by Crippen LogP contribution is 2.32. The Hall–Kier alpha value is -3.33. The fourth-order valence-corrected chi connectivity index (χ4v) is 3.73. The number of anilines is 2. The monoisotopic (exact) mass is 455 g/mol. The van der Waals surface area contributed by atoms with Crippen LogP contribution in [-0.2, 0) is 20.8 Å². The number of pyridine rings is 1. The summed E-state index contributed by atoms with van der Waals surface area (Å²) in [5, 5.41) is 8.24. The number of carbonyl (C=O) groups excluding carboxylic acids is 3. The van der Waals surface area contributed by atoms with Crippen molar-refractivity contribution in [2.75, 3.05) is 17.3 Å². The van der Waals surface area contributed by atoms with E-state index in [-0.39, 0.29) is 23.9 Å². The molecular formula is C24H30FN5O3. The van der Waals surface area contributed by atoms with E-state index in [0.717, 1.165) is 11.1 Å². The van der Waals surface area contributed by atoms with Crippen molar-refractivity contribution < 1.29 is 18.8 Å². The standard InChI is InChI=1S/C24H30FN5O3/c1-13(2)20(29-22(31)15(4)26-5)24(33)30-19(12-16-7-6-10-27-21(16)30)23(32)28-18-9-8-14(3)11-17(18)25/h6-11,13,15,19-20,26H,12H2,1-5H3,(H,28,32)(H,29,31)/t15-,19-,20-/m0/s1. The van der Waals surface area contributed by atoms with Gasteiger partial charge in [0.05, 0.1) is 11.7 Å². The third-order valence-corrected chi connectivity index (χ3v) is 5.80. The molecule has 1 aromatic heterocycles. The smallest absolute Gasteiger partial charge is 0.251 e. The first-order chi connectivity index (χ1) is 15.6. The van der Waals surface area contributed by atoms with Gasteiger partial charge in [-0.1, -0.05) is 26.0 Å². The lowest BCUT2D eigenvalue weighted by Gasteiger charge is -2.31. The zero-order chi connectivity index (χ0) is 24.3. The van der Waals surface area contributed by atoms with E-state index in [1.807, 2.05) is 13.8 Å². The Morgan fingerprint density at radius 2 is 1.91 bits per heavy atom. The highest BCUT2D eigenvalue weighted by atomic mass is 19.1. The number of likely N-dealkylation sites (N-methyl/N-ethyl adjacent to an activating group) is 1. The summed E-state index contributed by atoms with van der Waals surface area (Å²) in [4.78, 5) is 45.0. The predicted octanol–water partition coefficient (Wildman–Crippen LogP) is 2.17. The van der Waals surface area contributed by atoms with Gasteiger partial charge < -0.3 is 16.0 Å². The number of carbonyl (C=O) groups is 3. The van der Waals surface area contributed by atoms with Crippen molar-refractivity contribution in [1.82, 2.24) is 15.6 Å². The second kappa shape index (κ2) is 10.1. The molecule has 0 radical (unpaired) electrons. The maximum absolute atomic E-state index is 14.3. The second-order valence-corrected chi connectivity index (χ2v) is 8.63. The number of nitrogens with one attached hydrogen (secondary N) is 3. The Morgan fingerprint density at radius 1 is 1.18 bits per heavy atom. The van der Waals surface area contributed by atoms with Crippen LogP contribution in [0.2, 0.25) is 0 Å². The van der Waals surface area contributed by atoms with Gasteiger partial charge in [0.1, 0.15) is 23.7 Å². The zero-order valence-electron chi connectivity index (χ0n) is 19.5. The summed E-state index contributed by atoms with van der Waals surface area (Å²) in [5.41, 5.74) is 1.50. The first-order valence-corrected chi connectivity index (χ1v) is 11.0. The third-order valence-electron chi connectivity index (χ3n) is 5.80. The average molecular weight is 456 g/mol. The molecule has 0 fully saturated rings. The number of aromatic nitrogens is 1. The molecule has 0 saturated heterocycles. The summed E-state index contributed by atoms with van der Waals surface area (Å²) < 4.78 is 14.3. The van der Waals surface area contributed by atoms with Crippen LogP contribution in [0.15, 0.2) is 36.5 Å². The molecule has 0 saturated carbocycles. The lowest BCUT2D eigenvalue weighted by molar-refractivity contribution is -0.130. The first kappa shape index (κ1) is 24.3. The molecule has 0 bridgehead atoms. The summed E-state index contributed by atoms with van der Waals surface area (Å²) in [6.45, 7) is 7.08. The number of hydrogen-bond acceptors (Lipinski definition) is 5. The third kappa shape index (κ3) is 5.19. The van der Waals surface area contributed by atoms with Crippen LogP contribution in [0.25, 0.3) is 0 Å². The van der Waals surface area contributed by atoms with Gasteiger partial charge in [0.15, 0.2) is 0 Å². The van der Waals surface area contributed by atoms with Crippen molar-refractivity contribution in [1.29, 1.82) is 0 Å². The summed E-state index contributed by atoms with van der Waals surface area (Å²) >= 11 is 0. The number of amides is 3.